The number of hydrogen-bond donors (Lipinski definition) is 1. The molecule has 2 aromatic heterocycles. The summed E-state index contributed by atoms with van der Waals surface area (Å²) in [6.45, 7) is 0.460. The smallest absolute Gasteiger partial charge is 0.252 e. The standard InChI is InChI=1S/C7H7N7S/c1-9-7-5(11-13-15-7)3-14-4-10-6(2-8)12-14/h4,9H,3H2,1H3. The van der Waals surface area contributed by atoms with Crippen molar-refractivity contribution >= 4 is 16.5 Å². The Labute approximate surface area is 89.5 Å². The molecule has 0 aliphatic rings. The average Bonchev–Trinajstić information content (AvgIpc) is 2.87. The van der Waals surface area contributed by atoms with Crippen molar-refractivity contribution in [2.24, 2.45) is 0 Å². The molecule has 8 heteroatoms. The van der Waals surface area contributed by atoms with E-state index in [1.54, 1.807) is 11.7 Å². The van der Waals surface area contributed by atoms with E-state index >= 15 is 0 Å². The van der Waals surface area contributed by atoms with Crippen molar-refractivity contribution in [2.75, 3.05) is 12.4 Å². The molecule has 0 atom stereocenters. The lowest BCUT2D eigenvalue weighted by Gasteiger charge is -1.98. The minimum atomic E-state index is 0.157. The van der Waals surface area contributed by atoms with Crippen LogP contribution in [0.5, 0.6) is 0 Å². The molecule has 0 aliphatic heterocycles. The van der Waals surface area contributed by atoms with Gasteiger partial charge in [-0.1, -0.05) is 4.49 Å². The zero-order valence-electron chi connectivity index (χ0n) is 7.88. The lowest BCUT2D eigenvalue weighted by molar-refractivity contribution is 0.667. The summed E-state index contributed by atoms with van der Waals surface area (Å²) in [7, 11) is 1.81. The van der Waals surface area contributed by atoms with Gasteiger partial charge in [0.15, 0.2) is 0 Å². The SMILES string of the molecule is CNc1snnc1Cn1cnc(C#N)n1. The molecule has 1 N–H and O–H groups in total. The highest BCUT2D eigenvalue weighted by atomic mass is 32.1. The van der Waals surface area contributed by atoms with Crippen molar-refractivity contribution in [3.05, 3.63) is 17.8 Å². The molecule has 0 unspecified atom stereocenters. The lowest BCUT2D eigenvalue weighted by Crippen LogP contribution is -2.03. The number of nitrogens with one attached hydrogen (secondary N) is 1. The number of aromatic nitrogens is 5. The van der Waals surface area contributed by atoms with E-state index in [1.165, 1.54) is 17.9 Å². The van der Waals surface area contributed by atoms with Gasteiger partial charge in [0.1, 0.15) is 23.1 Å². The van der Waals surface area contributed by atoms with Crippen LogP contribution >= 0.6 is 11.5 Å². The number of anilines is 1. The first-order chi connectivity index (χ1) is 7.33. The number of nitrogens with zero attached hydrogens (tertiary/aromatic N) is 6. The van der Waals surface area contributed by atoms with E-state index in [-0.39, 0.29) is 5.82 Å². The average molecular weight is 221 g/mol. The summed E-state index contributed by atoms with van der Waals surface area (Å²) in [5, 5.41) is 20.3. The Balaban J connectivity index is 2.18. The summed E-state index contributed by atoms with van der Waals surface area (Å²) < 4.78 is 5.37. The molecular weight excluding hydrogens is 214 g/mol. The van der Waals surface area contributed by atoms with Crippen LogP contribution in [0, 0.1) is 11.3 Å². The van der Waals surface area contributed by atoms with Crippen LogP contribution in [0.25, 0.3) is 0 Å². The van der Waals surface area contributed by atoms with Crippen molar-refractivity contribution < 1.29 is 0 Å². The molecule has 0 aliphatic carbocycles. The van der Waals surface area contributed by atoms with Crippen LogP contribution in [-0.4, -0.2) is 31.4 Å². The number of rotatable bonds is 3. The molecule has 0 fully saturated rings. The highest BCUT2D eigenvalue weighted by Gasteiger charge is 2.08. The summed E-state index contributed by atoms with van der Waals surface area (Å²) >= 11 is 1.28. The Hall–Kier alpha value is -2.01. The first kappa shape index (κ1) is 9.54. The Morgan fingerprint density at radius 2 is 2.53 bits per heavy atom. The third-order valence-corrected chi connectivity index (χ3v) is 2.52. The summed E-state index contributed by atoms with van der Waals surface area (Å²) in [4.78, 5) is 3.80. The number of hydrogen-bond acceptors (Lipinski definition) is 7. The molecule has 15 heavy (non-hydrogen) atoms. The molecule has 0 aromatic carbocycles. The van der Waals surface area contributed by atoms with Gasteiger partial charge in [-0.15, -0.1) is 10.2 Å². The van der Waals surface area contributed by atoms with Crippen LogP contribution in [0.1, 0.15) is 11.5 Å². The molecule has 76 valence electrons. The van der Waals surface area contributed by atoms with Crippen molar-refractivity contribution in [2.45, 2.75) is 6.54 Å². The third kappa shape index (κ3) is 1.92. The van der Waals surface area contributed by atoms with Gasteiger partial charge in [-0.3, -0.25) is 0 Å². The highest BCUT2D eigenvalue weighted by Crippen LogP contribution is 2.16. The van der Waals surface area contributed by atoms with Crippen LogP contribution in [0.15, 0.2) is 6.33 Å². The zero-order valence-corrected chi connectivity index (χ0v) is 8.69. The fraction of sp³-hybridized carbons (Fsp3) is 0.286. The molecule has 0 spiro atoms. The van der Waals surface area contributed by atoms with Gasteiger partial charge >= 0.3 is 0 Å². The quantitative estimate of drug-likeness (QED) is 0.789. The molecular formula is C7H7N7S. The van der Waals surface area contributed by atoms with Gasteiger partial charge < -0.3 is 5.32 Å². The highest BCUT2D eigenvalue weighted by molar-refractivity contribution is 7.10. The predicted octanol–water partition coefficient (Wildman–Crippen LogP) is 0.0913. The monoisotopic (exact) mass is 221 g/mol. The van der Waals surface area contributed by atoms with E-state index in [0.29, 0.717) is 6.54 Å². The van der Waals surface area contributed by atoms with Crippen LogP contribution in [-0.2, 0) is 6.54 Å². The van der Waals surface area contributed by atoms with Gasteiger partial charge in [0.2, 0.25) is 0 Å². The second-order valence-electron chi connectivity index (χ2n) is 2.68. The Bertz CT molecular complexity index is 493. The minimum absolute atomic E-state index is 0.157. The van der Waals surface area contributed by atoms with Crippen molar-refractivity contribution in [3.8, 4) is 6.07 Å². The lowest BCUT2D eigenvalue weighted by atomic mass is 10.4. The van der Waals surface area contributed by atoms with Gasteiger partial charge in [0, 0.05) is 18.6 Å². The van der Waals surface area contributed by atoms with E-state index in [0.717, 1.165) is 10.7 Å². The summed E-state index contributed by atoms with van der Waals surface area (Å²) in [6, 6.07) is 1.86. The topological polar surface area (TPSA) is 92.3 Å². The second kappa shape index (κ2) is 4.02. The molecule has 0 saturated carbocycles. The maximum Gasteiger partial charge on any atom is 0.252 e. The van der Waals surface area contributed by atoms with E-state index < -0.39 is 0 Å². The Morgan fingerprint density at radius 3 is 3.20 bits per heavy atom. The van der Waals surface area contributed by atoms with E-state index in [2.05, 4.69) is 25.0 Å². The maximum atomic E-state index is 8.55. The molecule has 7 nitrogen and oxygen atoms in total. The van der Waals surface area contributed by atoms with Crippen LogP contribution in [0.2, 0.25) is 0 Å². The van der Waals surface area contributed by atoms with Gasteiger partial charge in [0.25, 0.3) is 5.82 Å². The van der Waals surface area contributed by atoms with Crippen LogP contribution in [0.4, 0.5) is 5.00 Å². The van der Waals surface area contributed by atoms with Gasteiger partial charge in [-0.05, 0) is 0 Å². The van der Waals surface area contributed by atoms with E-state index in [4.69, 9.17) is 5.26 Å². The molecule has 2 rings (SSSR count). The summed E-state index contributed by atoms with van der Waals surface area (Å²) in [5.41, 5.74) is 0.789. The molecule has 2 aromatic rings. The first-order valence-electron chi connectivity index (χ1n) is 4.12. The maximum absolute atomic E-state index is 8.55. The van der Waals surface area contributed by atoms with E-state index in [1.807, 2.05) is 6.07 Å². The largest absolute Gasteiger partial charge is 0.377 e. The molecule has 2 heterocycles. The predicted molar refractivity (Wildman–Crippen MR) is 53.3 cm³/mol. The number of nitriles is 1. The summed E-state index contributed by atoms with van der Waals surface area (Å²) in [6.07, 6.45) is 1.50. The van der Waals surface area contributed by atoms with E-state index in [9.17, 15) is 0 Å². The molecule has 0 saturated heterocycles. The first-order valence-corrected chi connectivity index (χ1v) is 4.89. The normalized spacial score (nSPS) is 9.87. The second-order valence-corrected chi connectivity index (χ2v) is 3.43. The van der Waals surface area contributed by atoms with Crippen LogP contribution < -0.4 is 5.32 Å². The minimum Gasteiger partial charge on any atom is -0.377 e. The third-order valence-electron chi connectivity index (χ3n) is 1.73. The fourth-order valence-electron chi connectivity index (χ4n) is 1.08. The van der Waals surface area contributed by atoms with Crippen molar-refractivity contribution in [1.29, 1.82) is 5.26 Å². The Morgan fingerprint density at radius 1 is 1.67 bits per heavy atom. The zero-order chi connectivity index (χ0) is 10.7. The molecule has 0 radical (unpaired) electrons. The Kier molecular flexibility index (Phi) is 2.55. The van der Waals surface area contributed by atoms with Gasteiger partial charge in [-0.2, -0.15) is 5.26 Å². The van der Waals surface area contributed by atoms with Gasteiger partial charge in [0.05, 0.1) is 6.54 Å². The van der Waals surface area contributed by atoms with Crippen LogP contribution in [0.3, 0.4) is 0 Å². The molecule has 0 amide bonds. The van der Waals surface area contributed by atoms with Crippen molar-refractivity contribution in [1.82, 2.24) is 24.4 Å². The van der Waals surface area contributed by atoms with Gasteiger partial charge in [-0.25, -0.2) is 9.67 Å². The van der Waals surface area contributed by atoms with Crippen molar-refractivity contribution in [3.63, 3.8) is 0 Å². The molecule has 0 bridgehead atoms. The fourth-order valence-corrected chi connectivity index (χ4v) is 1.60. The summed E-state index contributed by atoms with van der Waals surface area (Å²) in [5.74, 6) is 0.157.